The van der Waals surface area contributed by atoms with Crippen LogP contribution in [0.25, 0.3) is 0 Å². The molecule has 0 aliphatic heterocycles. The quantitative estimate of drug-likeness (QED) is 0.411. The van der Waals surface area contributed by atoms with E-state index < -0.39 is 0 Å². The minimum Gasteiger partial charge on any atom is -0.329 e. The monoisotopic (exact) mass is 263 g/mol. The number of anilines is 1. The molecule has 6 heteroatoms. The number of halogens is 2. The summed E-state index contributed by atoms with van der Waals surface area (Å²) >= 11 is 7.92. The number of hydrazine groups is 1. The molecule has 4 N–H and O–H groups in total. The van der Waals surface area contributed by atoms with Crippen molar-refractivity contribution in [1.29, 1.82) is 0 Å². The van der Waals surface area contributed by atoms with Crippen LogP contribution in [-0.4, -0.2) is 5.11 Å². The van der Waals surface area contributed by atoms with E-state index in [1.807, 2.05) is 0 Å². The molecular formula is C7H7BrFN3S. The van der Waals surface area contributed by atoms with Gasteiger partial charge in [0.2, 0.25) is 0 Å². The lowest BCUT2D eigenvalue weighted by Crippen LogP contribution is -2.34. The van der Waals surface area contributed by atoms with Crippen LogP contribution < -0.4 is 16.6 Å². The summed E-state index contributed by atoms with van der Waals surface area (Å²) in [6, 6.07) is 4.49. The molecule has 0 atom stereocenters. The van der Waals surface area contributed by atoms with Crippen LogP contribution in [0.15, 0.2) is 22.7 Å². The van der Waals surface area contributed by atoms with E-state index >= 15 is 0 Å². The molecule has 0 aromatic heterocycles. The van der Waals surface area contributed by atoms with Crippen LogP contribution in [0.2, 0.25) is 0 Å². The highest BCUT2D eigenvalue weighted by molar-refractivity contribution is 9.10. The van der Waals surface area contributed by atoms with Crippen LogP contribution in [0.3, 0.4) is 0 Å². The fraction of sp³-hybridized carbons (Fsp3) is 0. The smallest absolute Gasteiger partial charge is 0.185 e. The largest absolute Gasteiger partial charge is 0.329 e. The summed E-state index contributed by atoms with van der Waals surface area (Å²) in [5, 5.41) is 2.75. The Bertz CT molecular complexity index is 332. The van der Waals surface area contributed by atoms with E-state index in [0.29, 0.717) is 0 Å². The van der Waals surface area contributed by atoms with Crippen molar-refractivity contribution in [3.63, 3.8) is 0 Å². The third-order valence-electron chi connectivity index (χ3n) is 1.31. The van der Waals surface area contributed by atoms with Gasteiger partial charge >= 0.3 is 0 Å². The van der Waals surface area contributed by atoms with Crippen LogP contribution in [0.5, 0.6) is 0 Å². The Balaban J connectivity index is 2.87. The summed E-state index contributed by atoms with van der Waals surface area (Å²) < 4.78 is 13.8. The fourth-order valence-corrected chi connectivity index (χ4v) is 1.22. The number of hydrogen-bond donors (Lipinski definition) is 3. The maximum absolute atomic E-state index is 13.1. The second kappa shape index (κ2) is 4.50. The van der Waals surface area contributed by atoms with E-state index in [0.717, 1.165) is 4.47 Å². The van der Waals surface area contributed by atoms with Gasteiger partial charge in [0.1, 0.15) is 5.82 Å². The lowest BCUT2D eigenvalue weighted by molar-refractivity contribution is 0.632. The molecule has 0 aliphatic carbocycles. The average Bonchev–Trinajstić information content (AvgIpc) is 2.11. The highest BCUT2D eigenvalue weighted by atomic mass is 79.9. The summed E-state index contributed by atoms with van der Waals surface area (Å²) in [5.74, 6) is 4.63. The Morgan fingerprint density at radius 2 is 2.23 bits per heavy atom. The Morgan fingerprint density at radius 1 is 1.54 bits per heavy atom. The van der Waals surface area contributed by atoms with Crippen molar-refractivity contribution in [1.82, 2.24) is 5.43 Å². The zero-order valence-electron chi connectivity index (χ0n) is 6.47. The number of rotatable bonds is 1. The summed E-state index contributed by atoms with van der Waals surface area (Å²) in [6.45, 7) is 0. The molecule has 0 bridgehead atoms. The van der Waals surface area contributed by atoms with Crippen molar-refractivity contribution >= 4 is 38.9 Å². The van der Waals surface area contributed by atoms with Crippen molar-refractivity contribution in [2.45, 2.75) is 0 Å². The van der Waals surface area contributed by atoms with E-state index in [1.54, 1.807) is 12.1 Å². The Hall–Kier alpha value is -0.720. The first-order valence-electron chi connectivity index (χ1n) is 3.36. The zero-order chi connectivity index (χ0) is 9.84. The van der Waals surface area contributed by atoms with Gasteiger partial charge < -0.3 is 10.7 Å². The highest BCUT2D eigenvalue weighted by Crippen LogP contribution is 2.19. The van der Waals surface area contributed by atoms with Crippen LogP contribution in [0.4, 0.5) is 10.1 Å². The summed E-state index contributed by atoms with van der Waals surface area (Å²) in [5.41, 5.74) is 2.47. The molecule has 1 aromatic rings. The van der Waals surface area contributed by atoms with Gasteiger partial charge in [-0.3, -0.25) is 0 Å². The van der Waals surface area contributed by atoms with Gasteiger partial charge in [0, 0.05) is 4.47 Å². The molecule has 3 nitrogen and oxygen atoms in total. The lowest BCUT2D eigenvalue weighted by atomic mass is 10.3. The van der Waals surface area contributed by atoms with Gasteiger partial charge in [-0.1, -0.05) is 15.9 Å². The van der Waals surface area contributed by atoms with Gasteiger partial charge in [-0.05, 0) is 30.4 Å². The SMILES string of the molecule is NNC(=S)Nc1cc(Br)ccc1F. The first kappa shape index (κ1) is 10.4. The number of thiocarbonyl (C=S) groups is 1. The van der Waals surface area contributed by atoms with Crippen molar-refractivity contribution < 1.29 is 4.39 Å². The second-order valence-corrected chi connectivity index (χ2v) is 3.55. The summed E-state index contributed by atoms with van der Waals surface area (Å²) in [7, 11) is 0. The molecular weight excluding hydrogens is 257 g/mol. The van der Waals surface area contributed by atoms with Gasteiger partial charge in [-0.15, -0.1) is 0 Å². The minimum atomic E-state index is -0.388. The normalized spacial score (nSPS) is 9.46. The molecule has 13 heavy (non-hydrogen) atoms. The van der Waals surface area contributed by atoms with Crippen molar-refractivity contribution in [3.05, 3.63) is 28.5 Å². The lowest BCUT2D eigenvalue weighted by Gasteiger charge is -2.07. The van der Waals surface area contributed by atoms with E-state index in [4.69, 9.17) is 18.1 Å². The predicted molar refractivity (Wildman–Crippen MR) is 57.6 cm³/mol. The molecule has 0 radical (unpaired) electrons. The van der Waals surface area contributed by atoms with E-state index in [9.17, 15) is 4.39 Å². The Labute approximate surface area is 88.6 Å². The molecule has 1 aromatic carbocycles. The molecule has 0 amide bonds. The van der Waals surface area contributed by atoms with Gasteiger partial charge in [-0.25, -0.2) is 10.2 Å². The Morgan fingerprint density at radius 3 is 2.85 bits per heavy atom. The van der Waals surface area contributed by atoms with E-state index in [2.05, 4.69) is 26.7 Å². The number of hydrogen-bond acceptors (Lipinski definition) is 2. The topological polar surface area (TPSA) is 50.1 Å². The number of benzene rings is 1. The highest BCUT2D eigenvalue weighted by Gasteiger charge is 2.03. The molecule has 1 rings (SSSR count). The van der Waals surface area contributed by atoms with Crippen LogP contribution in [-0.2, 0) is 0 Å². The van der Waals surface area contributed by atoms with E-state index in [-0.39, 0.29) is 16.6 Å². The molecule has 0 fully saturated rings. The van der Waals surface area contributed by atoms with Gasteiger partial charge in [-0.2, -0.15) is 0 Å². The maximum atomic E-state index is 13.1. The number of nitrogens with two attached hydrogens (primary N) is 1. The third kappa shape index (κ3) is 2.91. The Kier molecular flexibility index (Phi) is 3.58. The molecule has 0 spiro atoms. The van der Waals surface area contributed by atoms with Gasteiger partial charge in [0.15, 0.2) is 5.11 Å². The zero-order valence-corrected chi connectivity index (χ0v) is 8.88. The molecule has 0 aliphatic rings. The van der Waals surface area contributed by atoms with Gasteiger partial charge in [0.25, 0.3) is 0 Å². The van der Waals surface area contributed by atoms with Gasteiger partial charge in [0.05, 0.1) is 5.69 Å². The maximum Gasteiger partial charge on any atom is 0.185 e. The van der Waals surface area contributed by atoms with Crippen molar-refractivity contribution in [3.8, 4) is 0 Å². The molecule has 0 saturated heterocycles. The van der Waals surface area contributed by atoms with Crippen LogP contribution in [0, 0.1) is 5.82 Å². The standard InChI is InChI=1S/C7H7BrFN3S/c8-4-1-2-5(9)6(3-4)11-7(13)12-10/h1-3H,10H2,(H2,11,12,13). The first-order chi connectivity index (χ1) is 6.13. The molecule has 0 saturated carbocycles. The van der Waals surface area contributed by atoms with Crippen molar-refractivity contribution in [2.24, 2.45) is 5.84 Å². The average molecular weight is 264 g/mol. The molecule has 0 unspecified atom stereocenters. The second-order valence-electron chi connectivity index (χ2n) is 2.22. The summed E-state index contributed by atoms with van der Waals surface area (Å²) in [6.07, 6.45) is 0. The number of nitrogens with one attached hydrogen (secondary N) is 2. The van der Waals surface area contributed by atoms with E-state index in [1.165, 1.54) is 6.07 Å². The molecule has 70 valence electrons. The summed E-state index contributed by atoms with van der Waals surface area (Å²) in [4.78, 5) is 0. The fourth-order valence-electron chi connectivity index (χ4n) is 0.752. The first-order valence-corrected chi connectivity index (χ1v) is 4.56. The van der Waals surface area contributed by atoms with Crippen LogP contribution in [0.1, 0.15) is 0 Å². The van der Waals surface area contributed by atoms with Crippen molar-refractivity contribution in [2.75, 3.05) is 5.32 Å². The third-order valence-corrected chi connectivity index (χ3v) is 2.02. The molecule has 0 heterocycles. The predicted octanol–water partition coefficient (Wildman–Crippen LogP) is 1.75. The van der Waals surface area contributed by atoms with Crippen LogP contribution >= 0.6 is 28.1 Å². The minimum absolute atomic E-state index is 0.164.